The van der Waals surface area contributed by atoms with E-state index in [-0.39, 0.29) is 25.1 Å². The van der Waals surface area contributed by atoms with Gasteiger partial charge in [0.2, 0.25) is 17.4 Å². The van der Waals surface area contributed by atoms with Crippen molar-refractivity contribution in [1.82, 2.24) is 4.90 Å². The first-order chi connectivity index (χ1) is 11.2. The smallest absolute Gasteiger partial charge is 0.338 e. The molecule has 0 aliphatic heterocycles. The molecule has 10 nitrogen and oxygen atoms in total. The number of carbonyl (C=O) groups is 4. The van der Waals surface area contributed by atoms with Gasteiger partial charge >= 0.3 is 5.97 Å². The van der Waals surface area contributed by atoms with E-state index in [1.807, 2.05) is 0 Å². The molecule has 0 aliphatic rings. The average molecular weight is 363 g/mol. The standard InChI is InChI=1S/C13H25N5O5S/c14-4-2-1-3-13(12(22)23,9(19)5-15)18(10(20)6-16)11(21)8(17)7-24/h8,24H,1-7,14-17H2,(H,22,23). The maximum Gasteiger partial charge on any atom is 0.338 e. The van der Waals surface area contributed by atoms with E-state index >= 15 is 0 Å². The minimum Gasteiger partial charge on any atom is -0.479 e. The number of aliphatic carboxylic acids is 1. The van der Waals surface area contributed by atoms with Gasteiger partial charge in [-0.05, 0) is 25.8 Å². The van der Waals surface area contributed by atoms with E-state index in [0.29, 0.717) is 11.3 Å². The van der Waals surface area contributed by atoms with Gasteiger partial charge in [0.05, 0.1) is 19.1 Å². The number of amides is 2. The van der Waals surface area contributed by atoms with E-state index in [4.69, 9.17) is 22.9 Å². The van der Waals surface area contributed by atoms with Gasteiger partial charge in [0.25, 0.3) is 0 Å². The van der Waals surface area contributed by atoms with Crippen molar-refractivity contribution < 1.29 is 24.3 Å². The molecule has 2 atom stereocenters. The van der Waals surface area contributed by atoms with E-state index < -0.39 is 48.2 Å². The number of ketones is 1. The molecule has 0 aromatic carbocycles. The highest BCUT2D eigenvalue weighted by molar-refractivity contribution is 7.80. The highest BCUT2D eigenvalue weighted by atomic mass is 32.1. The van der Waals surface area contributed by atoms with E-state index in [0.717, 1.165) is 0 Å². The number of hydrogen-bond acceptors (Lipinski definition) is 9. The molecule has 11 heteroatoms. The molecular formula is C13H25N5O5S. The van der Waals surface area contributed by atoms with Crippen LogP contribution in [0.2, 0.25) is 0 Å². The van der Waals surface area contributed by atoms with Crippen LogP contribution >= 0.6 is 12.6 Å². The summed E-state index contributed by atoms with van der Waals surface area (Å²) in [5.41, 5.74) is 19.1. The number of thiol groups is 1. The van der Waals surface area contributed by atoms with Crippen LogP contribution in [0.4, 0.5) is 0 Å². The molecule has 0 aromatic heterocycles. The second-order valence-electron chi connectivity index (χ2n) is 5.10. The van der Waals surface area contributed by atoms with Crippen LogP contribution in [-0.2, 0) is 19.2 Å². The van der Waals surface area contributed by atoms with Gasteiger partial charge in [-0.1, -0.05) is 0 Å². The molecule has 138 valence electrons. The number of hydrogen-bond donors (Lipinski definition) is 6. The van der Waals surface area contributed by atoms with Crippen molar-refractivity contribution in [3.05, 3.63) is 0 Å². The number of carboxylic acids is 1. The first kappa shape index (κ1) is 22.5. The fourth-order valence-electron chi connectivity index (χ4n) is 2.25. The molecule has 0 spiro atoms. The van der Waals surface area contributed by atoms with Crippen LogP contribution < -0.4 is 22.9 Å². The predicted octanol–water partition coefficient (Wildman–Crippen LogP) is -2.96. The molecule has 0 bridgehead atoms. The van der Waals surface area contributed by atoms with Crippen LogP contribution in [0.5, 0.6) is 0 Å². The maximum absolute atomic E-state index is 12.5. The molecule has 0 heterocycles. The summed E-state index contributed by atoms with van der Waals surface area (Å²) in [6.45, 7) is -1.09. The summed E-state index contributed by atoms with van der Waals surface area (Å²) >= 11 is 3.87. The Morgan fingerprint density at radius 2 is 1.67 bits per heavy atom. The predicted molar refractivity (Wildman–Crippen MR) is 90.1 cm³/mol. The third kappa shape index (κ3) is 4.74. The molecule has 0 rings (SSSR count). The Labute approximate surface area is 145 Å². The maximum atomic E-state index is 12.5. The third-order valence-electron chi connectivity index (χ3n) is 3.53. The number of rotatable bonds is 11. The molecular weight excluding hydrogens is 338 g/mol. The summed E-state index contributed by atoms with van der Waals surface area (Å²) in [7, 11) is 0. The molecule has 24 heavy (non-hydrogen) atoms. The fourth-order valence-corrected chi connectivity index (χ4v) is 2.41. The van der Waals surface area contributed by atoms with Crippen LogP contribution in [-0.4, -0.2) is 70.5 Å². The van der Waals surface area contributed by atoms with Crippen LogP contribution in [0.25, 0.3) is 0 Å². The van der Waals surface area contributed by atoms with Crippen molar-refractivity contribution in [2.24, 2.45) is 22.9 Å². The fraction of sp³-hybridized carbons (Fsp3) is 0.692. The van der Waals surface area contributed by atoms with E-state index in [2.05, 4.69) is 12.6 Å². The van der Waals surface area contributed by atoms with Gasteiger partial charge < -0.3 is 28.0 Å². The summed E-state index contributed by atoms with van der Waals surface area (Å²) in [5.74, 6) is -4.89. The van der Waals surface area contributed by atoms with E-state index in [1.165, 1.54) is 0 Å². The quantitative estimate of drug-likeness (QED) is 0.126. The van der Waals surface area contributed by atoms with Crippen molar-refractivity contribution >= 4 is 36.2 Å². The van der Waals surface area contributed by atoms with Gasteiger partial charge in [-0.15, -0.1) is 0 Å². The number of imide groups is 1. The lowest BCUT2D eigenvalue weighted by Crippen LogP contribution is -2.68. The largest absolute Gasteiger partial charge is 0.479 e. The Morgan fingerprint density at radius 3 is 2.04 bits per heavy atom. The van der Waals surface area contributed by atoms with Crippen LogP contribution in [0, 0.1) is 0 Å². The molecule has 9 N–H and O–H groups in total. The van der Waals surface area contributed by atoms with Crippen LogP contribution in [0.15, 0.2) is 0 Å². The monoisotopic (exact) mass is 363 g/mol. The van der Waals surface area contributed by atoms with Gasteiger partial charge in [0.1, 0.15) is 0 Å². The van der Waals surface area contributed by atoms with Crippen molar-refractivity contribution in [2.45, 2.75) is 30.8 Å². The number of nitrogens with zero attached hydrogens (tertiary/aromatic N) is 1. The minimum absolute atomic E-state index is 0.150. The zero-order valence-corrected chi connectivity index (χ0v) is 14.2. The first-order valence-electron chi connectivity index (χ1n) is 7.34. The first-order valence-corrected chi connectivity index (χ1v) is 7.98. The Balaban J connectivity index is 6.22. The minimum atomic E-state index is -2.46. The third-order valence-corrected chi connectivity index (χ3v) is 3.93. The normalized spacial score (nSPS) is 14.5. The van der Waals surface area contributed by atoms with Crippen molar-refractivity contribution in [1.29, 1.82) is 0 Å². The highest BCUT2D eigenvalue weighted by Gasteiger charge is 2.54. The molecule has 0 radical (unpaired) electrons. The Hall–Kier alpha value is -1.53. The molecule has 2 amide bonds. The molecule has 0 aromatic rings. The Bertz CT molecular complexity index is 489. The summed E-state index contributed by atoms with van der Waals surface area (Å²) in [5, 5.41) is 9.69. The molecule has 0 aliphatic carbocycles. The zero-order valence-electron chi connectivity index (χ0n) is 13.3. The molecule has 0 saturated carbocycles. The molecule has 0 saturated heterocycles. The van der Waals surface area contributed by atoms with Crippen LogP contribution in [0.3, 0.4) is 0 Å². The highest BCUT2D eigenvalue weighted by Crippen LogP contribution is 2.26. The van der Waals surface area contributed by atoms with Gasteiger partial charge in [-0.25, -0.2) is 4.79 Å². The van der Waals surface area contributed by atoms with Crippen molar-refractivity contribution in [3.8, 4) is 0 Å². The summed E-state index contributed by atoms with van der Waals surface area (Å²) < 4.78 is 0. The van der Waals surface area contributed by atoms with Gasteiger partial charge in [0.15, 0.2) is 5.78 Å². The SMILES string of the molecule is NCCCCC(C(=O)O)(C(=O)CN)N(C(=O)CN)C(=O)C(N)CS. The summed E-state index contributed by atoms with van der Waals surface area (Å²) in [6.07, 6.45) is 0.253. The number of unbranched alkanes of at least 4 members (excludes halogenated alkanes) is 1. The Morgan fingerprint density at radius 1 is 1.08 bits per heavy atom. The topological polar surface area (TPSA) is 196 Å². The van der Waals surface area contributed by atoms with E-state index in [9.17, 15) is 24.3 Å². The number of Topliss-reactive ketones (excluding diaryl/α,β-unsaturated/α-hetero) is 1. The second kappa shape index (κ2) is 10.4. The lowest BCUT2D eigenvalue weighted by molar-refractivity contribution is -0.171. The number of carboxylic acid groups (broad SMARTS) is 1. The van der Waals surface area contributed by atoms with Crippen molar-refractivity contribution in [3.63, 3.8) is 0 Å². The molecule has 2 unspecified atom stereocenters. The van der Waals surface area contributed by atoms with E-state index in [1.54, 1.807) is 0 Å². The summed E-state index contributed by atoms with van der Waals surface area (Å²) in [4.78, 5) is 49.3. The summed E-state index contributed by atoms with van der Waals surface area (Å²) in [6, 6.07) is -1.28. The molecule has 0 fully saturated rings. The van der Waals surface area contributed by atoms with Crippen LogP contribution in [0.1, 0.15) is 19.3 Å². The zero-order chi connectivity index (χ0) is 18.9. The van der Waals surface area contributed by atoms with Crippen molar-refractivity contribution in [2.75, 3.05) is 25.4 Å². The number of carbonyl (C=O) groups excluding carboxylic acids is 3. The Kier molecular flexibility index (Phi) is 9.70. The van der Waals surface area contributed by atoms with Gasteiger partial charge in [-0.3, -0.25) is 19.3 Å². The van der Waals surface area contributed by atoms with Gasteiger partial charge in [-0.2, -0.15) is 12.6 Å². The lowest BCUT2D eigenvalue weighted by Gasteiger charge is -2.38. The van der Waals surface area contributed by atoms with Gasteiger partial charge in [0, 0.05) is 5.75 Å². The lowest BCUT2D eigenvalue weighted by atomic mass is 9.84. The number of nitrogens with two attached hydrogens (primary N) is 4. The second-order valence-corrected chi connectivity index (χ2v) is 5.46. The average Bonchev–Trinajstić information content (AvgIpc) is 2.58.